The van der Waals surface area contributed by atoms with Gasteiger partial charge in [0.2, 0.25) is 0 Å². The highest BCUT2D eigenvalue weighted by molar-refractivity contribution is 6.92. The predicted octanol–water partition coefficient (Wildman–Crippen LogP) is 6.12. The van der Waals surface area contributed by atoms with Crippen molar-refractivity contribution < 1.29 is 19.1 Å². The lowest BCUT2D eigenvalue weighted by Crippen LogP contribution is -2.54. The maximum Gasteiger partial charge on any atom is 0.338 e. The fourth-order valence-electron chi connectivity index (χ4n) is 6.86. The van der Waals surface area contributed by atoms with E-state index in [2.05, 4.69) is 75.7 Å². The van der Waals surface area contributed by atoms with E-state index in [4.69, 9.17) is 9.47 Å². The van der Waals surface area contributed by atoms with Gasteiger partial charge in [0.15, 0.2) is 0 Å². The van der Waals surface area contributed by atoms with Gasteiger partial charge in [-0.15, -0.1) is 0 Å². The van der Waals surface area contributed by atoms with Gasteiger partial charge in [0, 0.05) is 0 Å². The first-order chi connectivity index (χ1) is 18.8. The van der Waals surface area contributed by atoms with E-state index >= 15 is 0 Å². The molecular weight excluding hydrogens is 529 g/mol. The monoisotopic (exact) mass is 570 g/mol. The number of hydrogen-bond donors (Lipinski definition) is 0. The first kappa shape index (κ1) is 28.6. The molecule has 0 saturated heterocycles. The summed E-state index contributed by atoms with van der Waals surface area (Å²) >= 11 is 0. The molecule has 6 heteroatoms. The van der Waals surface area contributed by atoms with E-state index in [9.17, 15) is 9.59 Å². The van der Waals surface area contributed by atoms with Crippen LogP contribution in [0.1, 0.15) is 79.1 Å². The van der Waals surface area contributed by atoms with Crippen molar-refractivity contribution in [1.82, 2.24) is 0 Å². The van der Waals surface area contributed by atoms with Crippen LogP contribution in [-0.2, 0) is 35.2 Å². The Balaban J connectivity index is 1.80. The third-order valence-electron chi connectivity index (χ3n) is 8.31. The lowest BCUT2D eigenvalue weighted by Gasteiger charge is -2.37. The van der Waals surface area contributed by atoms with Crippen molar-refractivity contribution in [2.75, 3.05) is 13.2 Å². The molecule has 3 aromatic rings. The van der Waals surface area contributed by atoms with Crippen LogP contribution < -0.4 is 10.4 Å². The topological polar surface area (TPSA) is 52.6 Å². The number of carbonyl (C=O) groups is 2. The smallest absolute Gasteiger partial charge is 0.338 e. The van der Waals surface area contributed by atoms with Crippen LogP contribution in [0.3, 0.4) is 0 Å². The second kappa shape index (κ2) is 10.5. The molecule has 3 aromatic carbocycles. The lowest BCUT2D eigenvalue weighted by molar-refractivity contribution is 0.0481. The molecule has 2 aliphatic carbocycles. The van der Waals surface area contributed by atoms with Crippen LogP contribution in [0.5, 0.6) is 0 Å². The highest BCUT2D eigenvalue weighted by Crippen LogP contribution is 2.36. The quantitative estimate of drug-likeness (QED) is 0.182. The zero-order valence-corrected chi connectivity index (χ0v) is 27.3. The molecule has 0 spiro atoms. The van der Waals surface area contributed by atoms with E-state index in [0.29, 0.717) is 11.1 Å². The minimum absolute atomic E-state index is 0.266. The maximum atomic E-state index is 13.8. The summed E-state index contributed by atoms with van der Waals surface area (Å²) in [5, 5.41) is 2.14. The summed E-state index contributed by atoms with van der Waals surface area (Å²) < 4.78 is 11.3. The highest BCUT2D eigenvalue weighted by Gasteiger charge is 2.41. The van der Waals surface area contributed by atoms with E-state index in [1.165, 1.54) is 44.5 Å². The average molecular weight is 571 g/mol. The molecule has 0 fully saturated rings. The average Bonchev–Trinajstić information content (AvgIpc) is 2.87. The molecular formula is C34H42O4Si2. The number of esters is 2. The zero-order valence-electron chi connectivity index (χ0n) is 25.3. The normalized spacial score (nSPS) is 14.0. The molecule has 0 bridgehead atoms. The molecule has 210 valence electrons. The molecule has 0 amide bonds. The van der Waals surface area contributed by atoms with Crippen LogP contribution in [0.4, 0.5) is 0 Å². The Bertz CT molecular complexity index is 1410. The van der Waals surface area contributed by atoms with Crippen LogP contribution in [0.25, 0.3) is 0 Å². The van der Waals surface area contributed by atoms with Crippen LogP contribution in [0.15, 0.2) is 36.4 Å². The van der Waals surface area contributed by atoms with Gasteiger partial charge < -0.3 is 9.47 Å². The molecule has 0 N–H and O–H groups in total. The maximum absolute atomic E-state index is 13.8. The first-order valence-corrected chi connectivity index (χ1v) is 21.6. The lowest BCUT2D eigenvalue weighted by atomic mass is 9.78. The molecule has 0 radical (unpaired) electrons. The van der Waals surface area contributed by atoms with Crippen molar-refractivity contribution in [2.24, 2.45) is 0 Å². The van der Waals surface area contributed by atoms with Crippen LogP contribution in [0, 0.1) is 0 Å². The second-order valence-electron chi connectivity index (χ2n) is 13.3. The van der Waals surface area contributed by atoms with Gasteiger partial charge in [-0.05, 0) is 94.4 Å². The minimum atomic E-state index is -2.12. The summed E-state index contributed by atoms with van der Waals surface area (Å²) in [6, 6.07) is 13.6. The Hall–Kier alpha value is -2.97. The molecule has 40 heavy (non-hydrogen) atoms. The molecule has 4 nitrogen and oxygen atoms in total. The number of fused-ring (bicyclic) bond motifs is 4. The van der Waals surface area contributed by atoms with Crippen molar-refractivity contribution in [3.63, 3.8) is 0 Å². The van der Waals surface area contributed by atoms with Gasteiger partial charge in [0.05, 0.1) is 40.5 Å². The molecule has 0 heterocycles. The molecule has 0 atom stereocenters. The van der Waals surface area contributed by atoms with E-state index in [0.717, 1.165) is 36.1 Å². The van der Waals surface area contributed by atoms with Gasteiger partial charge in [-0.25, -0.2) is 9.59 Å². The summed E-state index contributed by atoms with van der Waals surface area (Å²) in [6.07, 6.45) is 3.49. The Morgan fingerprint density at radius 2 is 0.950 bits per heavy atom. The van der Waals surface area contributed by atoms with Crippen LogP contribution in [-0.4, -0.2) is 41.3 Å². The second-order valence-corrected chi connectivity index (χ2v) is 23.3. The van der Waals surface area contributed by atoms with Gasteiger partial charge in [-0.1, -0.05) is 75.7 Å². The van der Waals surface area contributed by atoms with E-state index in [1.807, 2.05) is 13.8 Å². The largest absolute Gasteiger partial charge is 0.462 e. The zero-order chi connectivity index (χ0) is 29.0. The Morgan fingerprint density at radius 3 is 1.27 bits per heavy atom. The summed E-state index contributed by atoms with van der Waals surface area (Å²) in [7, 11) is -4.24. The Labute approximate surface area is 241 Å². The predicted molar refractivity (Wildman–Crippen MR) is 168 cm³/mol. The summed E-state index contributed by atoms with van der Waals surface area (Å²) in [5.41, 5.74) is 11.8. The van der Waals surface area contributed by atoms with Crippen molar-refractivity contribution in [3.8, 4) is 0 Å². The molecule has 0 saturated carbocycles. The first-order valence-electron chi connectivity index (χ1n) is 14.6. The van der Waals surface area contributed by atoms with Crippen molar-refractivity contribution in [3.05, 3.63) is 92.0 Å². The fourth-order valence-corrected chi connectivity index (χ4v) is 11.1. The van der Waals surface area contributed by atoms with Gasteiger partial charge >= 0.3 is 11.9 Å². The van der Waals surface area contributed by atoms with Gasteiger partial charge in [-0.3, -0.25) is 0 Å². The minimum Gasteiger partial charge on any atom is -0.462 e. The molecule has 0 aromatic heterocycles. The van der Waals surface area contributed by atoms with E-state index in [-0.39, 0.29) is 13.2 Å². The standard InChI is InChI=1S/C34H42O4Si2/c1-9-37-33(35)29-30(34(36)38-10-2)32(40(6,7)8)28-20-26-18-24-16-22-14-12-11-13-21(22)15-23(24)17-25(26)19-27(28)31(29)39(3,4)5/h11-14,17-18H,9-10,15-16,19-20H2,1-8H3. The van der Waals surface area contributed by atoms with Crippen LogP contribution >= 0.6 is 0 Å². The van der Waals surface area contributed by atoms with Gasteiger partial charge in [-0.2, -0.15) is 0 Å². The van der Waals surface area contributed by atoms with Gasteiger partial charge in [0.25, 0.3) is 0 Å². The summed E-state index contributed by atoms with van der Waals surface area (Å²) in [5.74, 6) is -0.781. The van der Waals surface area contributed by atoms with E-state index in [1.54, 1.807) is 0 Å². The number of ether oxygens (including phenoxy) is 2. The highest BCUT2D eigenvalue weighted by atomic mass is 28.3. The van der Waals surface area contributed by atoms with Crippen LogP contribution in [0.2, 0.25) is 39.3 Å². The van der Waals surface area contributed by atoms with E-state index < -0.39 is 28.1 Å². The Kier molecular flexibility index (Phi) is 7.47. The fraction of sp³-hybridized carbons (Fsp3) is 0.412. The molecule has 0 aliphatic heterocycles. The number of rotatable bonds is 6. The number of carbonyl (C=O) groups excluding carboxylic acids is 2. The number of hydrogen-bond acceptors (Lipinski definition) is 4. The van der Waals surface area contributed by atoms with Crippen molar-refractivity contribution >= 4 is 38.5 Å². The third-order valence-corrected chi connectivity index (χ3v) is 12.4. The summed E-state index contributed by atoms with van der Waals surface area (Å²) in [4.78, 5) is 27.5. The summed E-state index contributed by atoms with van der Waals surface area (Å²) in [6.45, 7) is 17.8. The Morgan fingerprint density at radius 1 is 0.600 bits per heavy atom. The third kappa shape index (κ3) is 5.01. The SMILES string of the molecule is CCOC(=O)c1c(C(=O)OCC)c([Si](C)(C)C)c2c(c1[Si](C)(C)C)Cc1cc3c(cc1C2)Cc1ccccc1C3. The van der Waals surface area contributed by atoms with Gasteiger partial charge in [0.1, 0.15) is 0 Å². The number of benzene rings is 3. The van der Waals surface area contributed by atoms with Crippen molar-refractivity contribution in [2.45, 2.75) is 78.8 Å². The van der Waals surface area contributed by atoms with Crippen molar-refractivity contribution in [1.29, 1.82) is 0 Å². The molecule has 2 aliphatic rings. The molecule has 5 rings (SSSR count). The molecule has 0 unspecified atom stereocenters.